The zero-order valence-corrected chi connectivity index (χ0v) is 13.1. The predicted molar refractivity (Wildman–Crippen MR) is 86.3 cm³/mol. The minimum absolute atomic E-state index is 0.0930. The Morgan fingerprint density at radius 3 is 2.67 bits per heavy atom. The number of carbonyl (C=O) groups excluding carboxylic acids is 1. The molecule has 5 nitrogen and oxygen atoms in total. The molecule has 1 aromatic carbocycles. The third-order valence-corrected chi connectivity index (χ3v) is 3.89. The van der Waals surface area contributed by atoms with Crippen molar-refractivity contribution >= 4 is 34.8 Å². The second-order valence-corrected chi connectivity index (χ2v) is 5.89. The number of halogens is 1. The summed E-state index contributed by atoms with van der Waals surface area (Å²) >= 11 is 10.9. The van der Waals surface area contributed by atoms with Crippen LogP contribution in [-0.4, -0.2) is 22.2 Å². The first kappa shape index (κ1) is 15.9. The van der Waals surface area contributed by atoms with Crippen LogP contribution in [0.25, 0.3) is 0 Å². The predicted octanol–water partition coefficient (Wildman–Crippen LogP) is 2.49. The molecule has 0 atom stereocenters. The Balaban J connectivity index is 1.82. The van der Waals surface area contributed by atoms with Gasteiger partial charge < -0.3 is 10.4 Å². The van der Waals surface area contributed by atoms with Gasteiger partial charge in [-0.2, -0.15) is 0 Å². The molecular weight excluding hydrogens is 310 g/mol. The van der Waals surface area contributed by atoms with E-state index in [-0.39, 0.29) is 11.3 Å². The fraction of sp³-hybridized carbons (Fsp3) is 0.429. The van der Waals surface area contributed by atoms with Crippen LogP contribution in [0.1, 0.15) is 42.5 Å². The molecule has 1 fully saturated rings. The van der Waals surface area contributed by atoms with E-state index in [0.29, 0.717) is 16.2 Å². The molecule has 7 heteroatoms. The number of hydrogen-bond acceptors (Lipinski definition) is 3. The first-order valence-electron chi connectivity index (χ1n) is 6.91. The summed E-state index contributed by atoms with van der Waals surface area (Å²) in [6, 6.07) is 4.63. The van der Waals surface area contributed by atoms with Crippen LogP contribution < -0.4 is 16.2 Å². The molecule has 0 saturated heterocycles. The summed E-state index contributed by atoms with van der Waals surface area (Å²) in [5, 5.41) is 13.6. The number of phenols is 1. The topological polar surface area (TPSA) is 73.4 Å². The first-order valence-corrected chi connectivity index (χ1v) is 7.70. The summed E-state index contributed by atoms with van der Waals surface area (Å²) in [6.45, 7) is 0. The average Bonchev–Trinajstić information content (AvgIpc) is 2.48. The van der Waals surface area contributed by atoms with Gasteiger partial charge in [-0.3, -0.25) is 15.6 Å². The van der Waals surface area contributed by atoms with Gasteiger partial charge in [-0.15, -0.1) is 0 Å². The van der Waals surface area contributed by atoms with Crippen LogP contribution in [-0.2, 0) is 0 Å². The molecular formula is C14H18ClN3O2S. The number of amides is 1. The van der Waals surface area contributed by atoms with Crippen LogP contribution in [0, 0.1) is 0 Å². The van der Waals surface area contributed by atoms with Gasteiger partial charge in [-0.25, -0.2) is 0 Å². The number of thiocarbonyl (C=S) groups is 1. The van der Waals surface area contributed by atoms with Gasteiger partial charge in [0, 0.05) is 11.1 Å². The van der Waals surface area contributed by atoms with Gasteiger partial charge in [0.2, 0.25) is 0 Å². The second-order valence-electron chi connectivity index (χ2n) is 5.05. The van der Waals surface area contributed by atoms with Gasteiger partial charge in [0.05, 0.1) is 5.56 Å². The molecule has 0 unspecified atom stereocenters. The molecule has 0 radical (unpaired) electrons. The molecule has 0 bridgehead atoms. The number of phenolic OH excluding ortho intramolecular Hbond substituents is 1. The molecule has 1 aliphatic rings. The summed E-state index contributed by atoms with van der Waals surface area (Å²) in [7, 11) is 0. The van der Waals surface area contributed by atoms with Crippen molar-refractivity contribution in [2.45, 2.75) is 38.1 Å². The lowest BCUT2D eigenvalue weighted by atomic mass is 9.96. The molecule has 2 rings (SSSR count). The summed E-state index contributed by atoms with van der Waals surface area (Å²) in [5.41, 5.74) is 5.18. The highest BCUT2D eigenvalue weighted by molar-refractivity contribution is 7.80. The maximum absolute atomic E-state index is 11.9. The number of nitrogens with one attached hydrogen (secondary N) is 3. The van der Waals surface area contributed by atoms with E-state index in [2.05, 4.69) is 16.2 Å². The van der Waals surface area contributed by atoms with Crippen LogP contribution in [0.2, 0.25) is 5.02 Å². The molecule has 0 spiro atoms. The number of rotatable bonds is 2. The van der Waals surface area contributed by atoms with E-state index < -0.39 is 5.91 Å². The van der Waals surface area contributed by atoms with Crippen LogP contribution >= 0.6 is 23.8 Å². The Morgan fingerprint density at radius 1 is 1.24 bits per heavy atom. The van der Waals surface area contributed by atoms with Gasteiger partial charge in [0.1, 0.15) is 5.75 Å². The van der Waals surface area contributed by atoms with Gasteiger partial charge in [-0.05, 0) is 43.3 Å². The highest BCUT2D eigenvalue weighted by Gasteiger charge is 2.15. The molecule has 0 aliphatic heterocycles. The number of benzene rings is 1. The van der Waals surface area contributed by atoms with E-state index in [9.17, 15) is 9.90 Å². The fourth-order valence-corrected chi connectivity index (χ4v) is 2.73. The monoisotopic (exact) mass is 327 g/mol. The maximum atomic E-state index is 11.9. The van der Waals surface area contributed by atoms with Crippen molar-refractivity contribution in [3.63, 3.8) is 0 Å². The SMILES string of the molecule is O=C(NNC(=S)NC1CCCCC1)c1cc(Cl)ccc1O. The zero-order valence-electron chi connectivity index (χ0n) is 11.5. The van der Waals surface area contributed by atoms with E-state index in [1.165, 1.54) is 37.5 Å². The highest BCUT2D eigenvalue weighted by atomic mass is 35.5. The van der Waals surface area contributed by atoms with E-state index in [4.69, 9.17) is 23.8 Å². The van der Waals surface area contributed by atoms with E-state index >= 15 is 0 Å². The normalized spacial score (nSPS) is 15.3. The average molecular weight is 328 g/mol. The fourth-order valence-electron chi connectivity index (χ4n) is 2.34. The minimum atomic E-state index is -0.497. The standard InChI is InChI=1S/C14H18ClN3O2S/c15-9-6-7-12(19)11(8-9)13(20)17-18-14(21)16-10-4-2-1-3-5-10/h6-8,10,19H,1-5H2,(H,17,20)(H2,16,18,21). The minimum Gasteiger partial charge on any atom is -0.507 e. The first-order chi connectivity index (χ1) is 10.1. The third-order valence-electron chi connectivity index (χ3n) is 3.43. The summed E-state index contributed by atoms with van der Waals surface area (Å²) < 4.78 is 0. The van der Waals surface area contributed by atoms with Crippen LogP contribution in [0.5, 0.6) is 5.75 Å². The molecule has 0 aromatic heterocycles. The lowest BCUT2D eigenvalue weighted by Crippen LogP contribution is -2.50. The Labute approximate surface area is 134 Å². The van der Waals surface area contributed by atoms with Gasteiger partial charge in [0.25, 0.3) is 5.91 Å². The van der Waals surface area contributed by atoms with Crippen molar-refractivity contribution in [1.82, 2.24) is 16.2 Å². The van der Waals surface area contributed by atoms with Crippen molar-refractivity contribution < 1.29 is 9.90 Å². The molecule has 21 heavy (non-hydrogen) atoms. The van der Waals surface area contributed by atoms with Crippen molar-refractivity contribution in [1.29, 1.82) is 0 Å². The lowest BCUT2D eigenvalue weighted by Gasteiger charge is -2.24. The van der Waals surface area contributed by atoms with Crippen molar-refractivity contribution in [2.75, 3.05) is 0 Å². The van der Waals surface area contributed by atoms with Gasteiger partial charge in [0.15, 0.2) is 5.11 Å². The Bertz CT molecular complexity index is 533. The number of aromatic hydroxyl groups is 1. The van der Waals surface area contributed by atoms with Crippen LogP contribution in [0.3, 0.4) is 0 Å². The van der Waals surface area contributed by atoms with Crippen LogP contribution in [0.4, 0.5) is 0 Å². The third kappa shape index (κ3) is 4.75. The number of hydrazine groups is 1. The Morgan fingerprint density at radius 2 is 1.95 bits per heavy atom. The summed E-state index contributed by atoms with van der Waals surface area (Å²) in [6.07, 6.45) is 5.84. The van der Waals surface area contributed by atoms with Gasteiger partial charge >= 0.3 is 0 Å². The van der Waals surface area contributed by atoms with Crippen molar-refractivity contribution in [2.24, 2.45) is 0 Å². The molecule has 1 amide bonds. The van der Waals surface area contributed by atoms with E-state index in [0.717, 1.165) is 12.8 Å². The van der Waals surface area contributed by atoms with Crippen molar-refractivity contribution in [3.05, 3.63) is 28.8 Å². The zero-order chi connectivity index (χ0) is 15.2. The number of carbonyl (C=O) groups is 1. The largest absolute Gasteiger partial charge is 0.507 e. The highest BCUT2D eigenvalue weighted by Crippen LogP contribution is 2.21. The quantitative estimate of drug-likeness (QED) is 0.496. The summed E-state index contributed by atoms with van der Waals surface area (Å²) in [4.78, 5) is 11.9. The lowest BCUT2D eigenvalue weighted by molar-refractivity contribution is 0.0941. The van der Waals surface area contributed by atoms with E-state index in [1.54, 1.807) is 0 Å². The molecule has 4 N–H and O–H groups in total. The number of hydrogen-bond donors (Lipinski definition) is 4. The molecule has 1 aromatic rings. The maximum Gasteiger partial charge on any atom is 0.273 e. The van der Waals surface area contributed by atoms with Crippen molar-refractivity contribution in [3.8, 4) is 5.75 Å². The molecule has 0 heterocycles. The van der Waals surface area contributed by atoms with Crippen LogP contribution in [0.15, 0.2) is 18.2 Å². The molecule has 114 valence electrons. The second kappa shape index (κ2) is 7.47. The Kier molecular flexibility index (Phi) is 5.64. The smallest absolute Gasteiger partial charge is 0.273 e. The molecule has 1 aliphatic carbocycles. The summed E-state index contributed by atoms with van der Waals surface area (Å²) in [5.74, 6) is -0.632. The van der Waals surface area contributed by atoms with E-state index in [1.807, 2.05) is 0 Å². The molecule has 1 saturated carbocycles. The Hall–Kier alpha value is -1.53. The van der Waals surface area contributed by atoms with Gasteiger partial charge in [-0.1, -0.05) is 30.9 Å².